The van der Waals surface area contributed by atoms with Gasteiger partial charge in [0.1, 0.15) is 6.04 Å². The van der Waals surface area contributed by atoms with E-state index in [-0.39, 0.29) is 31.3 Å². The van der Waals surface area contributed by atoms with Crippen LogP contribution in [0, 0.1) is 0 Å². The number of rotatable bonds is 11. The Labute approximate surface area is 244 Å². The molecule has 4 aromatic rings. The first-order valence-corrected chi connectivity index (χ1v) is 13.5. The van der Waals surface area contributed by atoms with E-state index in [0.29, 0.717) is 27.1 Å². The van der Waals surface area contributed by atoms with E-state index in [1.807, 2.05) is 66.7 Å². The Balaban J connectivity index is 1.68. The number of nitrogens with zero attached hydrogens (tertiary/aromatic N) is 1. The van der Waals surface area contributed by atoms with Crippen LogP contribution in [0.15, 0.2) is 97.1 Å². The van der Waals surface area contributed by atoms with E-state index in [1.54, 1.807) is 49.5 Å². The summed E-state index contributed by atoms with van der Waals surface area (Å²) in [5.74, 6) is 0.556. The standard InChI is InChI=1S/C32H30Cl2N2O4/c1-39-28-16-13-23(17-29(28)40-2)18-30(37)36(21-22-9-5-3-6-10-22)31(24-11-7-4-8-12-24)32(38)35-20-25-14-15-26(33)19-27(25)34/h3-17,19,31H,18,20-21H2,1-2H3,(H,35,38)/t31-/m1/s1. The molecule has 6 nitrogen and oxygen atoms in total. The van der Waals surface area contributed by atoms with Gasteiger partial charge >= 0.3 is 0 Å². The number of ether oxygens (including phenoxy) is 2. The molecule has 40 heavy (non-hydrogen) atoms. The van der Waals surface area contributed by atoms with Crippen LogP contribution in [0.5, 0.6) is 11.5 Å². The number of hydrogen-bond donors (Lipinski definition) is 1. The van der Waals surface area contributed by atoms with E-state index < -0.39 is 6.04 Å². The number of methoxy groups -OCH3 is 2. The number of benzene rings is 4. The molecule has 0 unspecified atom stereocenters. The Bertz CT molecular complexity index is 1450. The van der Waals surface area contributed by atoms with Crippen molar-refractivity contribution in [3.8, 4) is 11.5 Å². The average molecular weight is 578 g/mol. The van der Waals surface area contributed by atoms with E-state index in [4.69, 9.17) is 32.7 Å². The van der Waals surface area contributed by atoms with Crippen LogP contribution in [-0.2, 0) is 29.1 Å². The number of halogens is 2. The van der Waals surface area contributed by atoms with Crippen molar-refractivity contribution in [3.05, 3.63) is 129 Å². The summed E-state index contributed by atoms with van der Waals surface area (Å²) in [7, 11) is 3.11. The minimum absolute atomic E-state index is 0.0623. The average Bonchev–Trinajstić information content (AvgIpc) is 2.97. The summed E-state index contributed by atoms with van der Waals surface area (Å²) in [6, 6.07) is 28.5. The van der Waals surface area contributed by atoms with Gasteiger partial charge in [-0.1, -0.05) is 96.0 Å². The third-order valence-corrected chi connectivity index (χ3v) is 7.05. The molecular weight excluding hydrogens is 547 g/mol. The summed E-state index contributed by atoms with van der Waals surface area (Å²) < 4.78 is 10.8. The molecule has 0 spiro atoms. The van der Waals surface area contributed by atoms with Gasteiger partial charge in [-0.3, -0.25) is 9.59 Å². The van der Waals surface area contributed by atoms with Crippen LogP contribution < -0.4 is 14.8 Å². The molecule has 0 saturated heterocycles. The molecule has 0 heterocycles. The van der Waals surface area contributed by atoms with E-state index in [0.717, 1.165) is 16.7 Å². The zero-order valence-electron chi connectivity index (χ0n) is 22.3. The molecule has 0 aromatic heterocycles. The van der Waals surface area contributed by atoms with Gasteiger partial charge in [0.25, 0.3) is 0 Å². The number of carbonyl (C=O) groups excluding carboxylic acids is 2. The van der Waals surface area contributed by atoms with Crippen LogP contribution in [0.2, 0.25) is 10.0 Å². The Kier molecular flexibility index (Phi) is 10.1. The second-order valence-corrected chi connectivity index (χ2v) is 9.98. The lowest BCUT2D eigenvalue weighted by atomic mass is 10.0. The largest absolute Gasteiger partial charge is 0.493 e. The fourth-order valence-electron chi connectivity index (χ4n) is 4.42. The van der Waals surface area contributed by atoms with E-state index in [1.165, 1.54) is 0 Å². The molecule has 0 aliphatic heterocycles. The van der Waals surface area contributed by atoms with Crippen LogP contribution >= 0.6 is 23.2 Å². The highest BCUT2D eigenvalue weighted by Gasteiger charge is 2.31. The minimum Gasteiger partial charge on any atom is -0.493 e. The first kappa shape index (κ1) is 29.0. The monoisotopic (exact) mass is 576 g/mol. The van der Waals surface area contributed by atoms with Crippen molar-refractivity contribution in [2.45, 2.75) is 25.6 Å². The first-order valence-electron chi connectivity index (χ1n) is 12.7. The van der Waals surface area contributed by atoms with Gasteiger partial charge in [0.2, 0.25) is 11.8 Å². The molecule has 8 heteroatoms. The van der Waals surface area contributed by atoms with E-state index >= 15 is 0 Å². The van der Waals surface area contributed by atoms with Gasteiger partial charge < -0.3 is 19.7 Å². The topological polar surface area (TPSA) is 67.9 Å². The molecule has 1 atom stereocenters. The second kappa shape index (κ2) is 13.9. The van der Waals surface area contributed by atoms with E-state index in [9.17, 15) is 9.59 Å². The highest BCUT2D eigenvalue weighted by atomic mass is 35.5. The quantitative estimate of drug-likeness (QED) is 0.217. The van der Waals surface area contributed by atoms with Gasteiger partial charge in [-0.05, 0) is 46.5 Å². The first-order chi connectivity index (χ1) is 19.4. The van der Waals surface area contributed by atoms with Gasteiger partial charge in [0.15, 0.2) is 11.5 Å². The molecule has 0 bridgehead atoms. The summed E-state index contributed by atoms with van der Waals surface area (Å²) in [4.78, 5) is 29.5. The molecule has 0 aliphatic carbocycles. The van der Waals surface area contributed by atoms with Gasteiger partial charge in [0.05, 0.1) is 20.6 Å². The smallest absolute Gasteiger partial charge is 0.247 e. The van der Waals surface area contributed by atoms with Gasteiger partial charge in [-0.2, -0.15) is 0 Å². The van der Waals surface area contributed by atoms with Crippen molar-refractivity contribution in [1.29, 1.82) is 0 Å². The normalized spacial score (nSPS) is 11.4. The maximum absolute atomic E-state index is 14.0. The highest BCUT2D eigenvalue weighted by Crippen LogP contribution is 2.30. The SMILES string of the molecule is COc1ccc(CC(=O)N(Cc2ccccc2)[C@@H](C(=O)NCc2ccc(Cl)cc2Cl)c2ccccc2)cc1OC. The fourth-order valence-corrected chi connectivity index (χ4v) is 4.90. The summed E-state index contributed by atoms with van der Waals surface area (Å²) in [6.45, 7) is 0.420. The third kappa shape index (κ3) is 7.34. The molecule has 1 N–H and O–H groups in total. The van der Waals surface area contributed by atoms with Crippen molar-refractivity contribution >= 4 is 35.0 Å². The van der Waals surface area contributed by atoms with Crippen LogP contribution in [-0.4, -0.2) is 30.9 Å². The summed E-state index contributed by atoms with van der Waals surface area (Å²) in [5.41, 5.74) is 3.05. The van der Waals surface area contributed by atoms with Crippen molar-refractivity contribution in [2.24, 2.45) is 0 Å². The Hall–Kier alpha value is -4.00. The maximum atomic E-state index is 14.0. The molecule has 0 saturated carbocycles. The fraction of sp³-hybridized carbons (Fsp3) is 0.188. The molecule has 0 fully saturated rings. The Morgan fingerprint density at radius 1 is 0.800 bits per heavy atom. The predicted molar refractivity (Wildman–Crippen MR) is 158 cm³/mol. The van der Waals surface area contributed by atoms with Gasteiger partial charge in [-0.25, -0.2) is 0 Å². The molecular formula is C32H30Cl2N2O4. The van der Waals surface area contributed by atoms with Crippen molar-refractivity contribution in [1.82, 2.24) is 10.2 Å². The maximum Gasteiger partial charge on any atom is 0.247 e. The number of carbonyl (C=O) groups is 2. The van der Waals surface area contributed by atoms with Gasteiger partial charge in [-0.15, -0.1) is 0 Å². The highest BCUT2D eigenvalue weighted by molar-refractivity contribution is 6.35. The molecule has 4 rings (SSSR count). The molecule has 206 valence electrons. The Morgan fingerprint density at radius 2 is 1.48 bits per heavy atom. The van der Waals surface area contributed by atoms with Crippen molar-refractivity contribution in [3.63, 3.8) is 0 Å². The summed E-state index contributed by atoms with van der Waals surface area (Å²) >= 11 is 12.4. The van der Waals surface area contributed by atoms with Crippen LogP contribution in [0.25, 0.3) is 0 Å². The molecule has 0 radical (unpaired) electrons. The second-order valence-electron chi connectivity index (χ2n) is 9.14. The number of nitrogens with one attached hydrogen (secondary N) is 1. The summed E-state index contributed by atoms with van der Waals surface area (Å²) in [5, 5.41) is 3.94. The Morgan fingerprint density at radius 3 is 2.12 bits per heavy atom. The van der Waals surface area contributed by atoms with Gasteiger partial charge in [0, 0.05) is 23.1 Å². The van der Waals surface area contributed by atoms with Crippen LogP contribution in [0.1, 0.15) is 28.3 Å². The number of hydrogen-bond acceptors (Lipinski definition) is 4. The third-order valence-electron chi connectivity index (χ3n) is 6.46. The van der Waals surface area contributed by atoms with Crippen LogP contribution in [0.4, 0.5) is 0 Å². The molecule has 2 amide bonds. The lowest BCUT2D eigenvalue weighted by Crippen LogP contribution is -2.43. The minimum atomic E-state index is -0.889. The molecule has 4 aromatic carbocycles. The van der Waals surface area contributed by atoms with Crippen molar-refractivity contribution < 1.29 is 19.1 Å². The van der Waals surface area contributed by atoms with Crippen molar-refractivity contribution in [2.75, 3.05) is 14.2 Å². The van der Waals surface area contributed by atoms with Crippen LogP contribution in [0.3, 0.4) is 0 Å². The lowest BCUT2D eigenvalue weighted by molar-refractivity contribution is -0.141. The lowest BCUT2D eigenvalue weighted by Gasteiger charge is -2.32. The summed E-state index contributed by atoms with van der Waals surface area (Å²) in [6.07, 6.45) is 0.0623. The number of amides is 2. The zero-order valence-corrected chi connectivity index (χ0v) is 23.8. The molecule has 0 aliphatic rings. The zero-order chi connectivity index (χ0) is 28.5. The predicted octanol–water partition coefficient (Wildman–Crippen LogP) is 6.64. The van der Waals surface area contributed by atoms with E-state index in [2.05, 4.69) is 5.32 Å².